The van der Waals surface area contributed by atoms with E-state index in [1.54, 1.807) is 30.5 Å². The molecular formula is C18H16ClN7O2S. The number of halogens is 1. The first-order chi connectivity index (χ1) is 13.9. The minimum absolute atomic E-state index is 0.287. The van der Waals surface area contributed by atoms with Gasteiger partial charge < -0.3 is 10.6 Å². The number of sulfonamides is 1. The summed E-state index contributed by atoms with van der Waals surface area (Å²) >= 11 is 6.23. The van der Waals surface area contributed by atoms with E-state index in [-0.39, 0.29) is 5.02 Å². The summed E-state index contributed by atoms with van der Waals surface area (Å²) in [5.41, 5.74) is 2.59. The Morgan fingerprint density at radius 1 is 1.03 bits per heavy atom. The third-order valence-corrected chi connectivity index (χ3v) is 4.78. The van der Waals surface area contributed by atoms with E-state index in [0.717, 1.165) is 22.8 Å². The van der Waals surface area contributed by atoms with Gasteiger partial charge in [0.05, 0.1) is 35.5 Å². The van der Waals surface area contributed by atoms with Gasteiger partial charge in [-0.25, -0.2) is 13.4 Å². The number of fused-ring (bicyclic) bond motifs is 1. The van der Waals surface area contributed by atoms with Gasteiger partial charge in [-0.15, -0.1) is 0 Å². The second-order valence-corrected chi connectivity index (χ2v) is 8.39. The quantitative estimate of drug-likeness (QED) is 0.366. The number of anilines is 5. The summed E-state index contributed by atoms with van der Waals surface area (Å²) in [5, 5.41) is 14.3. The molecule has 2 heterocycles. The molecule has 0 radical (unpaired) electrons. The monoisotopic (exact) mass is 429 g/mol. The maximum atomic E-state index is 11.6. The van der Waals surface area contributed by atoms with Gasteiger partial charge in [0.25, 0.3) is 0 Å². The largest absolute Gasteiger partial charge is 0.337 e. The highest BCUT2D eigenvalue weighted by molar-refractivity contribution is 7.92. The molecule has 0 aliphatic rings. The fraction of sp³-hybridized carbons (Fsp3) is 0.0556. The summed E-state index contributed by atoms with van der Waals surface area (Å²) < 4.78 is 25.6. The Balaban J connectivity index is 1.61. The van der Waals surface area contributed by atoms with E-state index < -0.39 is 10.0 Å². The molecule has 2 aromatic heterocycles. The number of nitrogens with zero attached hydrogens (tertiary/aromatic N) is 3. The molecular weight excluding hydrogens is 414 g/mol. The summed E-state index contributed by atoms with van der Waals surface area (Å²) in [6.07, 6.45) is 4.27. The highest BCUT2D eigenvalue weighted by atomic mass is 35.5. The van der Waals surface area contributed by atoms with Crippen molar-refractivity contribution in [2.24, 2.45) is 0 Å². The van der Waals surface area contributed by atoms with Crippen LogP contribution in [-0.2, 0) is 10.0 Å². The summed E-state index contributed by atoms with van der Waals surface area (Å²) in [6, 6.07) is 12.5. The lowest BCUT2D eigenvalue weighted by Gasteiger charge is -2.14. The van der Waals surface area contributed by atoms with Gasteiger partial charge in [0.2, 0.25) is 16.0 Å². The number of rotatable bonds is 6. The van der Waals surface area contributed by atoms with Gasteiger partial charge in [-0.3, -0.25) is 9.82 Å². The third kappa shape index (κ3) is 4.55. The number of para-hydroxylation sites is 2. The van der Waals surface area contributed by atoms with Crippen molar-refractivity contribution in [3.8, 4) is 0 Å². The second kappa shape index (κ2) is 7.57. The van der Waals surface area contributed by atoms with Crippen molar-refractivity contribution < 1.29 is 8.42 Å². The van der Waals surface area contributed by atoms with Crippen molar-refractivity contribution in [2.45, 2.75) is 0 Å². The number of hydrogen-bond acceptors (Lipinski definition) is 7. The van der Waals surface area contributed by atoms with Crippen LogP contribution in [0.2, 0.25) is 5.02 Å². The van der Waals surface area contributed by atoms with Crippen molar-refractivity contribution in [3.63, 3.8) is 0 Å². The molecule has 148 valence electrons. The van der Waals surface area contributed by atoms with Gasteiger partial charge in [0, 0.05) is 11.1 Å². The van der Waals surface area contributed by atoms with Gasteiger partial charge >= 0.3 is 0 Å². The average Bonchev–Trinajstić information content (AvgIpc) is 3.13. The van der Waals surface area contributed by atoms with Crippen LogP contribution in [0.25, 0.3) is 10.9 Å². The van der Waals surface area contributed by atoms with Crippen LogP contribution in [-0.4, -0.2) is 34.8 Å². The van der Waals surface area contributed by atoms with Gasteiger partial charge in [-0.2, -0.15) is 10.1 Å². The van der Waals surface area contributed by atoms with Crippen molar-refractivity contribution in [2.75, 3.05) is 21.6 Å². The lowest BCUT2D eigenvalue weighted by atomic mass is 10.2. The van der Waals surface area contributed by atoms with Crippen molar-refractivity contribution in [1.29, 1.82) is 0 Å². The molecule has 0 aliphatic carbocycles. The molecule has 11 heteroatoms. The van der Waals surface area contributed by atoms with Crippen molar-refractivity contribution in [1.82, 2.24) is 20.2 Å². The normalized spacial score (nSPS) is 11.4. The summed E-state index contributed by atoms with van der Waals surface area (Å²) in [7, 11) is -3.44. The number of aromatic nitrogens is 4. The average molecular weight is 430 g/mol. The molecule has 0 unspecified atom stereocenters. The fourth-order valence-corrected chi connectivity index (χ4v) is 3.39. The highest BCUT2D eigenvalue weighted by Crippen LogP contribution is 2.29. The Morgan fingerprint density at radius 3 is 2.62 bits per heavy atom. The lowest BCUT2D eigenvalue weighted by molar-refractivity contribution is 0.607. The molecule has 0 aliphatic heterocycles. The predicted octanol–water partition coefficient (Wildman–Crippen LogP) is 3.87. The topological polar surface area (TPSA) is 125 Å². The number of nitrogens with one attached hydrogen (secondary N) is 4. The van der Waals surface area contributed by atoms with Gasteiger partial charge in [-0.05, 0) is 30.3 Å². The predicted molar refractivity (Wildman–Crippen MR) is 115 cm³/mol. The van der Waals surface area contributed by atoms with E-state index in [9.17, 15) is 8.42 Å². The van der Waals surface area contributed by atoms with Crippen LogP contribution in [0.4, 0.5) is 28.8 Å². The molecule has 9 nitrogen and oxygen atoms in total. The van der Waals surface area contributed by atoms with Crippen molar-refractivity contribution >= 4 is 61.4 Å². The molecule has 4 aromatic rings. The molecule has 4 N–H and O–H groups in total. The third-order valence-electron chi connectivity index (χ3n) is 3.92. The first-order valence-electron chi connectivity index (χ1n) is 8.44. The molecule has 0 atom stereocenters. The van der Waals surface area contributed by atoms with Crippen LogP contribution in [0.1, 0.15) is 0 Å². The zero-order valence-corrected chi connectivity index (χ0v) is 16.7. The minimum atomic E-state index is -3.44. The van der Waals surface area contributed by atoms with E-state index in [4.69, 9.17) is 11.6 Å². The maximum absolute atomic E-state index is 11.6. The van der Waals surface area contributed by atoms with Crippen LogP contribution in [0, 0.1) is 0 Å². The molecule has 0 saturated heterocycles. The molecule has 29 heavy (non-hydrogen) atoms. The smallest absolute Gasteiger partial charge is 0.229 e. The molecule has 0 spiro atoms. The Morgan fingerprint density at radius 2 is 1.83 bits per heavy atom. The van der Waals surface area contributed by atoms with Crippen LogP contribution < -0.4 is 15.4 Å². The highest BCUT2D eigenvalue weighted by Gasteiger charge is 2.11. The van der Waals surface area contributed by atoms with E-state index in [2.05, 4.69) is 35.5 Å². The van der Waals surface area contributed by atoms with E-state index >= 15 is 0 Å². The van der Waals surface area contributed by atoms with Gasteiger partial charge in [0.15, 0.2) is 5.82 Å². The molecule has 0 bridgehead atoms. The van der Waals surface area contributed by atoms with Crippen LogP contribution in [0.5, 0.6) is 0 Å². The van der Waals surface area contributed by atoms with Gasteiger partial charge in [-0.1, -0.05) is 23.7 Å². The number of benzene rings is 2. The maximum Gasteiger partial charge on any atom is 0.229 e. The summed E-state index contributed by atoms with van der Waals surface area (Å²) in [6.45, 7) is 0. The standard InChI is InChI=1S/C18H16ClN7O2S/c1-29(27,28)26-16-5-3-2-4-15(16)23-17-13(19)10-20-18(24-17)22-12-6-7-14-11(8-12)9-21-25-14/h2-10,26H,1H3,(H,21,25)(H2,20,22,23,24). The number of aromatic amines is 1. The Labute approximate surface area is 171 Å². The van der Waals surface area contributed by atoms with Crippen LogP contribution in [0.15, 0.2) is 54.9 Å². The summed E-state index contributed by atoms with van der Waals surface area (Å²) in [4.78, 5) is 8.60. The molecule has 0 fully saturated rings. The number of H-pyrrole nitrogens is 1. The van der Waals surface area contributed by atoms with E-state index in [1.807, 2.05) is 18.2 Å². The van der Waals surface area contributed by atoms with Crippen molar-refractivity contribution in [3.05, 3.63) is 59.9 Å². The molecule has 0 saturated carbocycles. The Kier molecular flexibility index (Phi) is 4.95. The zero-order valence-electron chi connectivity index (χ0n) is 15.1. The van der Waals surface area contributed by atoms with Crippen LogP contribution >= 0.6 is 11.6 Å². The van der Waals surface area contributed by atoms with Gasteiger partial charge in [0.1, 0.15) is 5.02 Å². The number of hydrogen-bond donors (Lipinski definition) is 4. The van der Waals surface area contributed by atoms with E-state index in [1.165, 1.54) is 6.20 Å². The second-order valence-electron chi connectivity index (χ2n) is 6.23. The first kappa shape index (κ1) is 19.0. The molecule has 0 amide bonds. The minimum Gasteiger partial charge on any atom is -0.337 e. The van der Waals surface area contributed by atoms with E-state index in [0.29, 0.717) is 23.1 Å². The Hall–Kier alpha value is -3.37. The zero-order chi connectivity index (χ0) is 20.4. The molecule has 2 aromatic carbocycles. The van der Waals surface area contributed by atoms with Crippen LogP contribution in [0.3, 0.4) is 0 Å². The molecule has 4 rings (SSSR count). The SMILES string of the molecule is CS(=O)(=O)Nc1ccccc1Nc1nc(Nc2ccc3[nH]ncc3c2)ncc1Cl. The summed E-state index contributed by atoms with van der Waals surface area (Å²) in [5.74, 6) is 0.657. The fourth-order valence-electron chi connectivity index (χ4n) is 2.67. The lowest BCUT2D eigenvalue weighted by Crippen LogP contribution is -2.11. The Bertz CT molecular complexity index is 1290. The first-order valence-corrected chi connectivity index (χ1v) is 10.7.